The van der Waals surface area contributed by atoms with Crippen molar-refractivity contribution in [2.45, 2.75) is 57.0 Å². The summed E-state index contributed by atoms with van der Waals surface area (Å²) < 4.78 is 27.9. The van der Waals surface area contributed by atoms with Crippen LogP contribution in [0, 0.1) is 0 Å². The van der Waals surface area contributed by atoms with Gasteiger partial charge in [-0.3, -0.25) is 4.79 Å². The highest BCUT2D eigenvalue weighted by molar-refractivity contribution is 7.89. The van der Waals surface area contributed by atoms with Gasteiger partial charge in [-0.25, -0.2) is 8.42 Å². The van der Waals surface area contributed by atoms with Gasteiger partial charge in [0.05, 0.1) is 4.90 Å². The monoisotopic (exact) mass is 371 g/mol. The van der Waals surface area contributed by atoms with Gasteiger partial charge in [-0.1, -0.05) is 50.2 Å². The number of carbonyl (C=O) groups is 1. The number of hydrogen-bond donors (Lipinski definition) is 0. The molecule has 0 heterocycles. The summed E-state index contributed by atoms with van der Waals surface area (Å²) in [4.78, 5) is 11.8. The molecule has 4 nitrogen and oxygen atoms in total. The van der Waals surface area contributed by atoms with Gasteiger partial charge >= 0.3 is 0 Å². The van der Waals surface area contributed by atoms with Crippen LogP contribution in [0.3, 0.4) is 0 Å². The fraction of sp³-hybridized carbons (Fsp3) is 0.381. The minimum absolute atomic E-state index is 0.0470. The Hall–Kier alpha value is -1.98. The van der Waals surface area contributed by atoms with E-state index >= 15 is 0 Å². The molecule has 1 aliphatic carbocycles. The molecule has 0 aromatic heterocycles. The van der Waals surface area contributed by atoms with Crippen molar-refractivity contribution in [2.24, 2.45) is 0 Å². The SMILES string of the molecule is CC(=O)c1cccc(S(=O)(=O)N(Cc2ccc(C(C)C)cc2)C2CC2)c1. The van der Waals surface area contributed by atoms with Gasteiger partial charge in [-0.05, 0) is 48.9 Å². The Labute approximate surface area is 155 Å². The molecule has 0 spiro atoms. The first kappa shape index (κ1) is 18.8. The lowest BCUT2D eigenvalue weighted by molar-refractivity contribution is 0.101. The summed E-state index contributed by atoms with van der Waals surface area (Å²) in [7, 11) is -3.64. The third-order valence-corrected chi connectivity index (χ3v) is 6.68. The van der Waals surface area contributed by atoms with Gasteiger partial charge in [-0.2, -0.15) is 4.31 Å². The molecule has 0 radical (unpaired) electrons. The molecule has 0 unspecified atom stereocenters. The highest BCUT2D eigenvalue weighted by Crippen LogP contribution is 2.34. The smallest absolute Gasteiger partial charge is 0.243 e. The molecular weight excluding hydrogens is 346 g/mol. The lowest BCUT2D eigenvalue weighted by atomic mass is 10.0. The number of sulfonamides is 1. The molecule has 0 N–H and O–H groups in total. The minimum Gasteiger partial charge on any atom is -0.295 e. The lowest BCUT2D eigenvalue weighted by Gasteiger charge is -2.22. The second-order valence-corrected chi connectivity index (χ2v) is 9.15. The third kappa shape index (κ3) is 4.05. The molecule has 5 heteroatoms. The topological polar surface area (TPSA) is 54.5 Å². The highest BCUT2D eigenvalue weighted by Gasteiger charge is 2.38. The van der Waals surface area contributed by atoms with Crippen LogP contribution in [0.1, 0.15) is 61.0 Å². The van der Waals surface area contributed by atoms with Crippen molar-refractivity contribution in [1.29, 1.82) is 0 Å². The first-order valence-electron chi connectivity index (χ1n) is 9.00. The summed E-state index contributed by atoms with van der Waals surface area (Å²) in [5, 5.41) is 0. The maximum Gasteiger partial charge on any atom is 0.243 e. The van der Waals surface area contributed by atoms with E-state index in [-0.39, 0.29) is 16.7 Å². The van der Waals surface area contributed by atoms with Crippen LogP contribution in [0.15, 0.2) is 53.4 Å². The van der Waals surface area contributed by atoms with Crippen molar-refractivity contribution in [3.05, 3.63) is 65.2 Å². The molecule has 1 saturated carbocycles. The normalized spacial score (nSPS) is 14.8. The van der Waals surface area contributed by atoms with Gasteiger partial charge in [0, 0.05) is 18.2 Å². The summed E-state index contributed by atoms with van der Waals surface area (Å²) in [5.41, 5.74) is 2.64. The summed E-state index contributed by atoms with van der Waals surface area (Å²) in [6.07, 6.45) is 1.77. The first-order chi connectivity index (χ1) is 12.3. The van der Waals surface area contributed by atoms with E-state index in [0.29, 0.717) is 18.0 Å². The second kappa shape index (κ2) is 7.33. The van der Waals surface area contributed by atoms with Gasteiger partial charge < -0.3 is 0 Å². The molecule has 138 valence electrons. The zero-order chi connectivity index (χ0) is 18.9. The van der Waals surface area contributed by atoms with Crippen LogP contribution in [-0.4, -0.2) is 24.5 Å². The molecule has 0 bridgehead atoms. The Balaban J connectivity index is 1.89. The molecule has 3 rings (SSSR count). The van der Waals surface area contributed by atoms with E-state index in [0.717, 1.165) is 18.4 Å². The Bertz CT molecular complexity index is 897. The Kier molecular flexibility index (Phi) is 5.30. The number of ketones is 1. The van der Waals surface area contributed by atoms with Crippen molar-refractivity contribution in [2.75, 3.05) is 0 Å². The third-order valence-electron chi connectivity index (χ3n) is 4.79. The number of nitrogens with zero attached hydrogens (tertiary/aromatic N) is 1. The number of Topliss-reactive ketones (excluding diaryl/α,β-unsaturated/α-hetero) is 1. The van der Waals surface area contributed by atoms with Crippen molar-refractivity contribution in [3.63, 3.8) is 0 Å². The molecule has 2 aromatic carbocycles. The van der Waals surface area contributed by atoms with Crippen LogP contribution < -0.4 is 0 Å². The summed E-state index contributed by atoms with van der Waals surface area (Å²) >= 11 is 0. The van der Waals surface area contributed by atoms with Gasteiger partial charge in [0.1, 0.15) is 0 Å². The van der Waals surface area contributed by atoms with Gasteiger partial charge in [-0.15, -0.1) is 0 Å². The number of benzene rings is 2. The van der Waals surface area contributed by atoms with Crippen LogP contribution in [-0.2, 0) is 16.6 Å². The van der Waals surface area contributed by atoms with E-state index in [1.807, 2.05) is 12.1 Å². The molecule has 0 saturated heterocycles. The molecular formula is C21H25NO3S. The van der Waals surface area contributed by atoms with Crippen LogP contribution in [0.4, 0.5) is 0 Å². The van der Waals surface area contributed by atoms with Crippen molar-refractivity contribution >= 4 is 15.8 Å². The maximum atomic E-state index is 13.2. The fourth-order valence-corrected chi connectivity index (χ4v) is 4.69. The van der Waals surface area contributed by atoms with Crippen LogP contribution in [0.5, 0.6) is 0 Å². The maximum absolute atomic E-state index is 13.2. The van der Waals surface area contributed by atoms with Gasteiger partial charge in [0.15, 0.2) is 5.78 Å². The molecule has 26 heavy (non-hydrogen) atoms. The predicted molar refractivity (Wildman–Crippen MR) is 103 cm³/mol. The number of rotatable bonds is 7. The van der Waals surface area contributed by atoms with Crippen molar-refractivity contribution < 1.29 is 13.2 Å². The van der Waals surface area contributed by atoms with E-state index in [4.69, 9.17) is 0 Å². The fourth-order valence-electron chi connectivity index (χ4n) is 2.97. The van der Waals surface area contributed by atoms with E-state index in [1.165, 1.54) is 18.6 Å². The number of carbonyl (C=O) groups excluding carboxylic acids is 1. The van der Waals surface area contributed by atoms with Crippen molar-refractivity contribution in [1.82, 2.24) is 4.31 Å². The van der Waals surface area contributed by atoms with E-state index < -0.39 is 10.0 Å². The Morgan fingerprint density at radius 2 is 1.77 bits per heavy atom. The largest absolute Gasteiger partial charge is 0.295 e. The van der Waals surface area contributed by atoms with Gasteiger partial charge in [0.25, 0.3) is 0 Å². The molecule has 1 aliphatic rings. The molecule has 0 aliphatic heterocycles. The lowest BCUT2D eigenvalue weighted by Crippen LogP contribution is -2.32. The second-order valence-electron chi connectivity index (χ2n) is 7.26. The molecule has 0 amide bonds. The quantitative estimate of drug-likeness (QED) is 0.679. The Morgan fingerprint density at radius 3 is 2.31 bits per heavy atom. The number of hydrogen-bond acceptors (Lipinski definition) is 3. The average Bonchev–Trinajstić information content (AvgIpc) is 3.44. The van der Waals surface area contributed by atoms with Crippen LogP contribution in [0.25, 0.3) is 0 Å². The average molecular weight is 372 g/mol. The van der Waals surface area contributed by atoms with Gasteiger partial charge in [0.2, 0.25) is 10.0 Å². The van der Waals surface area contributed by atoms with E-state index in [1.54, 1.807) is 22.5 Å². The summed E-state index contributed by atoms with van der Waals surface area (Å²) in [5.74, 6) is 0.311. The highest BCUT2D eigenvalue weighted by atomic mass is 32.2. The summed E-state index contributed by atoms with van der Waals surface area (Å²) in [6.45, 7) is 6.08. The minimum atomic E-state index is -3.64. The predicted octanol–water partition coefficient (Wildman–Crippen LogP) is 4.37. The zero-order valence-electron chi connectivity index (χ0n) is 15.5. The standard InChI is InChI=1S/C21H25NO3S/c1-15(2)18-9-7-17(8-10-18)14-22(20-11-12-20)26(24,25)21-6-4-5-19(13-21)16(3)23/h4-10,13,15,20H,11-12,14H2,1-3H3. The van der Waals surface area contributed by atoms with Crippen LogP contribution >= 0.6 is 0 Å². The van der Waals surface area contributed by atoms with Crippen molar-refractivity contribution in [3.8, 4) is 0 Å². The van der Waals surface area contributed by atoms with E-state index in [2.05, 4.69) is 26.0 Å². The molecule has 0 atom stereocenters. The Morgan fingerprint density at radius 1 is 1.12 bits per heavy atom. The molecule has 2 aromatic rings. The first-order valence-corrected chi connectivity index (χ1v) is 10.4. The van der Waals surface area contributed by atoms with E-state index in [9.17, 15) is 13.2 Å². The molecule has 1 fully saturated rings. The van der Waals surface area contributed by atoms with Crippen LogP contribution in [0.2, 0.25) is 0 Å². The zero-order valence-corrected chi connectivity index (χ0v) is 16.3. The summed E-state index contributed by atoms with van der Waals surface area (Å²) in [6, 6.07) is 14.5.